The van der Waals surface area contributed by atoms with Crippen LogP contribution in [-0.2, 0) is 16.1 Å². The fourth-order valence-corrected chi connectivity index (χ4v) is 2.02. The molecule has 0 bridgehead atoms. The van der Waals surface area contributed by atoms with E-state index in [1.807, 2.05) is 44.2 Å². The third-order valence-electron chi connectivity index (χ3n) is 3.10. The van der Waals surface area contributed by atoms with E-state index < -0.39 is 12.0 Å². The van der Waals surface area contributed by atoms with Gasteiger partial charge >= 0.3 is 12.0 Å². The average molecular weight is 292 g/mol. The molecule has 5 nitrogen and oxygen atoms in total. The molecule has 0 aliphatic rings. The molecule has 5 heteroatoms. The van der Waals surface area contributed by atoms with Gasteiger partial charge in [-0.1, -0.05) is 44.2 Å². The predicted molar refractivity (Wildman–Crippen MR) is 81.7 cm³/mol. The largest absolute Gasteiger partial charge is 0.467 e. The summed E-state index contributed by atoms with van der Waals surface area (Å²) in [5, 5.41) is 2.73. The molecule has 0 aliphatic heterocycles. The van der Waals surface area contributed by atoms with Gasteiger partial charge in [0, 0.05) is 13.6 Å². The summed E-state index contributed by atoms with van der Waals surface area (Å²) in [6, 6.07) is 8.80. The Morgan fingerprint density at radius 3 is 2.38 bits per heavy atom. The number of hydrogen-bond acceptors (Lipinski definition) is 3. The molecule has 0 saturated carbocycles. The van der Waals surface area contributed by atoms with E-state index in [9.17, 15) is 9.59 Å². The molecule has 1 atom stereocenters. The second-order valence-corrected chi connectivity index (χ2v) is 5.50. The lowest BCUT2D eigenvalue weighted by atomic mass is 10.0. The number of nitrogens with one attached hydrogen (secondary N) is 1. The van der Waals surface area contributed by atoms with E-state index in [1.54, 1.807) is 11.9 Å². The van der Waals surface area contributed by atoms with Gasteiger partial charge in [0.15, 0.2) is 0 Å². The summed E-state index contributed by atoms with van der Waals surface area (Å²) in [7, 11) is 3.03. The van der Waals surface area contributed by atoms with Crippen LogP contribution in [0.25, 0.3) is 0 Å². The van der Waals surface area contributed by atoms with Gasteiger partial charge in [-0.25, -0.2) is 9.59 Å². The minimum absolute atomic E-state index is 0.282. The predicted octanol–water partition coefficient (Wildman–Crippen LogP) is 2.42. The molecule has 0 radical (unpaired) electrons. The number of urea groups is 1. The number of ether oxygens (including phenoxy) is 1. The van der Waals surface area contributed by atoms with Gasteiger partial charge in [-0.3, -0.25) is 0 Å². The number of esters is 1. The molecule has 21 heavy (non-hydrogen) atoms. The molecule has 0 fully saturated rings. The Hall–Kier alpha value is -2.04. The highest BCUT2D eigenvalue weighted by molar-refractivity contribution is 5.83. The monoisotopic (exact) mass is 292 g/mol. The molecule has 2 amide bonds. The smallest absolute Gasteiger partial charge is 0.328 e. The summed E-state index contributed by atoms with van der Waals surface area (Å²) in [5.74, 6) is -0.126. The third kappa shape index (κ3) is 5.85. The Morgan fingerprint density at radius 1 is 1.24 bits per heavy atom. The fraction of sp³-hybridized carbons (Fsp3) is 0.500. The van der Waals surface area contributed by atoms with Gasteiger partial charge in [0.2, 0.25) is 0 Å². The van der Waals surface area contributed by atoms with Gasteiger partial charge in [-0.05, 0) is 17.9 Å². The molecule has 1 aromatic carbocycles. The highest BCUT2D eigenvalue weighted by atomic mass is 16.5. The van der Waals surface area contributed by atoms with Crippen molar-refractivity contribution >= 4 is 12.0 Å². The van der Waals surface area contributed by atoms with Gasteiger partial charge < -0.3 is 15.0 Å². The van der Waals surface area contributed by atoms with Crippen LogP contribution in [0.1, 0.15) is 25.8 Å². The van der Waals surface area contributed by atoms with Crippen LogP contribution in [0.4, 0.5) is 4.79 Å². The number of carbonyl (C=O) groups is 2. The highest BCUT2D eigenvalue weighted by Crippen LogP contribution is 2.08. The quantitative estimate of drug-likeness (QED) is 0.819. The summed E-state index contributed by atoms with van der Waals surface area (Å²) >= 11 is 0. The lowest BCUT2D eigenvalue weighted by Crippen LogP contribution is -2.47. The van der Waals surface area contributed by atoms with Gasteiger partial charge in [0.05, 0.1) is 7.11 Å². The first-order valence-corrected chi connectivity index (χ1v) is 7.07. The topological polar surface area (TPSA) is 58.6 Å². The summed E-state index contributed by atoms with van der Waals surface area (Å²) in [6.45, 7) is 4.48. The van der Waals surface area contributed by atoms with Crippen molar-refractivity contribution in [3.05, 3.63) is 35.9 Å². The minimum atomic E-state index is -0.610. The SMILES string of the molecule is COC(=O)[C@H](CC(C)C)NC(=O)N(C)Cc1ccccc1. The molecule has 0 heterocycles. The van der Waals surface area contributed by atoms with Crippen LogP contribution in [0.2, 0.25) is 0 Å². The maximum atomic E-state index is 12.2. The van der Waals surface area contributed by atoms with Crippen molar-refractivity contribution in [2.24, 2.45) is 5.92 Å². The standard InChI is InChI=1S/C16H24N2O3/c1-12(2)10-14(15(19)21-4)17-16(20)18(3)11-13-8-6-5-7-9-13/h5-9,12,14H,10-11H2,1-4H3,(H,17,20)/t14-/m0/s1. The summed E-state index contributed by atoms with van der Waals surface area (Å²) in [4.78, 5) is 25.4. The van der Waals surface area contributed by atoms with Crippen molar-refractivity contribution < 1.29 is 14.3 Å². The molecule has 0 saturated heterocycles. The number of rotatable bonds is 6. The lowest BCUT2D eigenvalue weighted by Gasteiger charge is -2.23. The maximum absolute atomic E-state index is 12.2. The van der Waals surface area contributed by atoms with Crippen LogP contribution < -0.4 is 5.32 Å². The number of amides is 2. The van der Waals surface area contributed by atoms with Crippen LogP contribution in [0.5, 0.6) is 0 Å². The first kappa shape index (κ1) is 17.0. The molecule has 1 rings (SSSR count). The molecule has 116 valence electrons. The molecule has 0 spiro atoms. The van der Waals surface area contributed by atoms with E-state index in [2.05, 4.69) is 5.32 Å². The Kier molecular flexibility index (Phi) is 6.72. The third-order valence-corrected chi connectivity index (χ3v) is 3.10. The van der Waals surface area contributed by atoms with Crippen LogP contribution in [0, 0.1) is 5.92 Å². The van der Waals surface area contributed by atoms with Crippen molar-refractivity contribution in [2.45, 2.75) is 32.9 Å². The molecular formula is C16H24N2O3. The van der Waals surface area contributed by atoms with E-state index in [0.29, 0.717) is 13.0 Å². The number of nitrogens with zero attached hydrogens (tertiary/aromatic N) is 1. The van der Waals surface area contributed by atoms with Gasteiger partial charge in [-0.2, -0.15) is 0 Å². The fourth-order valence-electron chi connectivity index (χ4n) is 2.02. The van der Waals surface area contributed by atoms with E-state index >= 15 is 0 Å². The molecule has 0 aromatic heterocycles. The second kappa shape index (κ2) is 8.29. The molecule has 1 N–H and O–H groups in total. The van der Waals surface area contributed by atoms with Crippen molar-refractivity contribution in [2.75, 3.05) is 14.2 Å². The van der Waals surface area contributed by atoms with Crippen LogP contribution >= 0.6 is 0 Å². The highest BCUT2D eigenvalue weighted by Gasteiger charge is 2.23. The maximum Gasteiger partial charge on any atom is 0.328 e. The molecular weight excluding hydrogens is 268 g/mol. The molecule has 0 unspecified atom stereocenters. The van der Waals surface area contributed by atoms with Crippen molar-refractivity contribution in [3.8, 4) is 0 Å². The normalized spacial score (nSPS) is 11.9. The first-order chi connectivity index (χ1) is 9.93. The summed E-state index contributed by atoms with van der Waals surface area (Å²) in [5.41, 5.74) is 1.04. The average Bonchev–Trinajstić information content (AvgIpc) is 2.46. The Labute approximate surface area is 126 Å². The zero-order chi connectivity index (χ0) is 15.8. The van der Waals surface area contributed by atoms with Gasteiger partial charge in [0.25, 0.3) is 0 Å². The van der Waals surface area contributed by atoms with E-state index in [4.69, 9.17) is 4.74 Å². The van der Waals surface area contributed by atoms with Crippen LogP contribution in [-0.4, -0.2) is 37.1 Å². The number of methoxy groups -OCH3 is 1. The zero-order valence-electron chi connectivity index (χ0n) is 13.1. The van der Waals surface area contributed by atoms with Gasteiger partial charge in [0.1, 0.15) is 6.04 Å². The lowest BCUT2D eigenvalue weighted by molar-refractivity contribution is -0.143. The number of benzene rings is 1. The second-order valence-electron chi connectivity index (χ2n) is 5.50. The van der Waals surface area contributed by atoms with Crippen molar-refractivity contribution in [1.82, 2.24) is 10.2 Å². The van der Waals surface area contributed by atoms with Crippen LogP contribution in [0.15, 0.2) is 30.3 Å². The molecule has 1 aromatic rings. The van der Waals surface area contributed by atoms with Gasteiger partial charge in [-0.15, -0.1) is 0 Å². The zero-order valence-corrected chi connectivity index (χ0v) is 13.1. The van der Waals surface area contributed by atoms with Crippen LogP contribution in [0.3, 0.4) is 0 Å². The minimum Gasteiger partial charge on any atom is -0.467 e. The van der Waals surface area contributed by atoms with Crippen molar-refractivity contribution in [3.63, 3.8) is 0 Å². The van der Waals surface area contributed by atoms with E-state index in [0.717, 1.165) is 5.56 Å². The Balaban J connectivity index is 2.61. The van der Waals surface area contributed by atoms with E-state index in [1.165, 1.54) is 7.11 Å². The molecule has 0 aliphatic carbocycles. The number of carbonyl (C=O) groups excluding carboxylic acids is 2. The number of hydrogen-bond donors (Lipinski definition) is 1. The Morgan fingerprint density at radius 2 is 1.86 bits per heavy atom. The summed E-state index contributed by atoms with van der Waals surface area (Å²) < 4.78 is 4.74. The van der Waals surface area contributed by atoms with Crippen molar-refractivity contribution in [1.29, 1.82) is 0 Å². The van der Waals surface area contributed by atoms with E-state index in [-0.39, 0.29) is 11.9 Å². The summed E-state index contributed by atoms with van der Waals surface area (Å²) in [6.07, 6.45) is 0.553. The Bertz CT molecular complexity index is 460. The first-order valence-electron chi connectivity index (χ1n) is 7.07.